The van der Waals surface area contributed by atoms with E-state index in [1.54, 1.807) is 6.20 Å². The highest BCUT2D eigenvalue weighted by molar-refractivity contribution is 5.96. The maximum absolute atomic E-state index is 12.8. The van der Waals surface area contributed by atoms with Gasteiger partial charge in [-0.1, -0.05) is 11.6 Å². The van der Waals surface area contributed by atoms with E-state index in [0.717, 1.165) is 35.9 Å². The van der Waals surface area contributed by atoms with Crippen LogP contribution in [-0.2, 0) is 0 Å². The zero-order valence-corrected chi connectivity index (χ0v) is 13.1. The van der Waals surface area contributed by atoms with Crippen molar-refractivity contribution in [2.45, 2.75) is 25.8 Å². The minimum absolute atomic E-state index is 0.0318. The van der Waals surface area contributed by atoms with Gasteiger partial charge in [0.1, 0.15) is 5.58 Å². The number of benzene rings is 1. The van der Waals surface area contributed by atoms with E-state index in [2.05, 4.69) is 5.10 Å². The number of likely N-dealkylation sites (tertiary alicyclic amines) is 1. The molecule has 1 aliphatic rings. The fraction of sp³-hybridized carbons (Fsp3) is 0.333. The second-order valence-corrected chi connectivity index (χ2v) is 6.19. The molecule has 0 bridgehead atoms. The molecule has 1 saturated heterocycles. The Hall–Kier alpha value is -2.56. The first kappa shape index (κ1) is 14.1. The van der Waals surface area contributed by atoms with Gasteiger partial charge in [-0.2, -0.15) is 5.10 Å². The van der Waals surface area contributed by atoms with Crippen LogP contribution in [0.4, 0.5) is 0 Å². The van der Waals surface area contributed by atoms with Crippen LogP contribution in [-0.4, -0.2) is 33.7 Å². The van der Waals surface area contributed by atoms with Crippen molar-refractivity contribution in [3.63, 3.8) is 0 Å². The third-order valence-electron chi connectivity index (χ3n) is 4.47. The lowest BCUT2D eigenvalue weighted by atomic mass is 10.1. The number of aryl methyl sites for hydroxylation is 1. The number of nitrogens with zero attached hydrogens (tertiary/aromatic N) is 3. The van der Waals surface area contributed by atoms with E-state index in [4.69, 9.17) is 4.42 Å². The number of rotatable bonds is 2. The van der Waals surface area contributed by atoms with Crippen LogP contribution in [0.2, 0.25) is 0 Å². The Balaban J connectivity index is 1.57. The standard InChI is InChI=1S/C18H19N3O2/c1-13-5-6-16-14(10-13)11-17(23-16)18(22)20-8-2-4-15(12-20)21-9-3-7-19-21/h3,5-7,9-11,15H,2,4,8,12H2,1H3/t15-/m1/s1. The second-order valence-electron chi connectivity index (χ2n) is 6.19. The third-order valence-corrected chi connectivity index (χ3v) is 4.47. The second kappa shape index (κ2) is 5.57. The van der Waals surface area contributed by atoms with E-state index < -0.39 is 0 Å². The number of hydrogen-bond donors (Lipinski definition) is 0. The number of piperidine rings is 1. The van der Waals surface area contributed by atoms with Crippen LogP contribution in [0.25, 0.3) is 11.0 Å². The zero-order valence-electron chi connectivity index (χ0n) is 13.1. The predicted octanol–water partition coefficient (Wildman–Crippen LogP) is 3.42. The molecule has 118 valence electrons. The molecule has 2 aromatic heterocycles. The summed E-state index contributed by atoms with van der Waals surface area (Å²) in [7, 11) is 0. The summed E-state index contributed by atoms with van der Waals surface area (Å²) in [6, 6.07) is 9.97. The molecule has 1 aromatic carbocycles. The predicted molar refractivity (Wildman–Crippen MR) is 87.4 cm³/mol. The maximum Gasteiger partial charge on any atom is 0.289 e. The first-order valence-electron chi connectivity index (χ1n) is 7.99. The van der Waals surface area contributed by atoms with Crippen molar-refractivity contribution < 1.29 is 9.21 Å². The van der Waals surface area contributed by atoms with Gasteiger partial charge < -0.3 is 9.32 Å². The van der Waals surface area contributed by atoms with Crippen molar-refractivity contribution in [2.24, 2.45) is 0 Å². The lowest BCUT2D eigenvalue weighted by Gasteiger charge is -2.32. The lowest BCUT2D eigenvalue weighted by molar-refractivity contribution is 0.0643. The van der Waals surface area contributed by atoms with Crippen LogP contribution in [0.5, 0.6) is 0 Å². The molecule has 3 heterocycles. The highest BCUT2D eigenvalue weighted by atomic mass is 16.3. The SMILES string of the molecule is Cc1ccc2oc(C(=O)N3CCC[C@@H](n4cccn4)C3)cc2c1. The highest BCUT2D eigenvalue weighted by Gasteiger charge is 2.27. The van der Waals surface area contributed by atoms with Gasteiger partial charge in [0.15, 0.2) is 5.76 Å². The first-order chi connectivity index (χ1) is 11.2. The fourth-order valence-corrected chi connectivity index (χ4v) is 3.28. The quantitative estimate of drug-likeness (QED) is 0.729. The monoisotopic (exact) mass is 309 g/mol. The molecule has 0 N–H and O–H groups in total. The minimum atomic E-state index is -0.0318. The Kier molecular flexibility index (Phi) is 3.41. The molecule has 0 radical (unpaired) electrons. The molecule has 0 unspecified atom stereocenters. The number of furan rings is 1. The topological polar surface area (TPSA) is 51.3 Å². The van der Waals surface area contributed by atoms with Gasteiger partial charge in [-0.3, -0.25) is 9.48 Å². The van der Waals surface area contributed by atoms with Gasteiger partial charge in [-0.15, -0.1) is 0 Å². The summed E-state index contributed by atoms with van der Waals surface area (Å²) in [6.07, 6.45) is 5.77. The number of fused-ring (bicyclic) bond motifs is 1. The molecule has 5 nitrogen and oxygen atoms in total. The molecule has 5 heteroatoms. The van der Waals surface area contributed by atoms with Crippen molar-refractivity contribution in [3.05, 3.63) is 54.0 Å². The van der Waals surface area contributed by atoms with E-state index in [1.807, 2.05) is 53.0 Å². The summed E-state index contributed by atoms with van der Waals surface area (Å²) >= 11 is 0. The van der Waals surface area contributed by atoms with Gasteiger partial charge in [-0.25, -0.2) is 0 Å². The van der Waals surface area contributed by atoms with Crippen LogP contribution < -0.4 is 0 Å². The Bertz CT molecular complexity index is 835. The molecule has 1 atom stereocenters. The first-order valence-corrected chi connectivity index (χ1v) is 7.99. The van der Waals surface area contributed by atoms with Gasteiger partial charge >= 0.3 is 0 Å². The summed E-state index contributed by atoms with van der Waals surface area (Å²) < 4.78 is 7.70. The van der Waals surface area contributed by atoms with Gasteiger partial charge in [0, 0.05) is 30.9 Å². The molecule has 1 aliphatic heterocycles. The molecule has 1 amide bonds. The Morgan fingerprint density at radius 3 is 3.09 bits per heavy atom. The third kappa shape index (κ3) is 2.63. The fourth-order valence-electron chi connectivity index (χ4n) is 3.28. The molecule has 0 saturated carbocycles. The number of amides is 1. The highest BCUT2D eigenvalue weighted by Crippen LogP contribution is 2.25. The van der Waals surface area contributed by atoms with Crippen molar-refractivity contribution in [2.75, 3.05) is 13.1 Å². The normalized spacial score (nSPS) is 18.5. The zero-order chi connectivity index (χ0) is 15.8. The van der Waals surface area contributed by atoms with Crippen LogP contribution >= 0.6 is 0 Å². The smallest absolute Gasteiger partial charge is 0.289 e. The van der Waals surface area contributed by atoms with Crippen molar-refractivity contribution in [3.8, 4) is 0 Å². The summed E-state index contributed by atoms with van der Waals surface area (Å²) in [5, 5.41) is 5.29. The summed E-state index contributed by atoms with van der Waals surface area (Å²) in [5.41, 5.74) is 1.92. The van der Waals surface area contributed by atoms with Crippen LogP contribution in [0, 0.1) is 6.92 Å². The molecular formula is C18H19N3O2. The molecule has 0 spiro atoms. The van der Waals surface area contributed by atoms with E-state index in [9.17, 15) is 4.79 Å². The number of aromatic nitrogens is 2. The van der Waals surface area contributed by atoms with Gasteiger partial charge in [-0.05, 0) is 44.0 Å². The van der Waals surface area contributed by atoms with Crippen LogP contribution in [0.3, 0.4) is 0 Å². The number of carbonyl (C=O) groups is 1. The summed E-state index contributed by atoms with van der Waals surface area (Å²) in [6.45, 7) is 3.48. The molecule has 23 heavy (non-hydrogen) atoms. The number of hydrogen-bond acceptors (Lipinski definition) is 3. The van der Waals surface area contributed by atoms with Gasteiger partial charge in [0.25, 0.3) is 5.91 Å². The van der Waals surface area contributed by atoms with E-state index in [-0.39, 0.29) is 11.9 Å². The summed E-state index contributed by atoms with van der Waals surface area (Å²) in [5.74, 6) is 0.391. The van der Waals surface area contributed by atoms with E-state index in [1.165, 1.54) is 0 Å². The minimum Gasteiger partial charge on any atom is -0.451 e. The van der Waals surface area contributed by atoms with Crippen LogP contribution in [0.1, 0.15) is 35.0 Å². The largest absolute Gasteiger partial charge is 0.451 e. The van der Waals surface area contributed by atoms with E-state index in [0.29, 0.717) is 12.3 Å². The van der Waals surface area contributed by atoms with Crippen molar-refractivity contribution >= 4 is 16.9 Å². The number of carbonyl (C=O) groups excluding carboxylic acids is 1. The molecular weight excluding hydrogens is 290 g/mol. The van der Waals surface area contributed by atoms with Crippen LogP contribution in [0.15, 0.2) is 47.1 Å². The average molecular weight is 309 g/mol. The van der Waals surface area contributed by atoms with Gasteiger partial charge in [0.2, 0.25) is 0 Å². The van der Waals surface area contributed by atoms with Gasteiger partial charge in [0.05, 0.1) is 6.04 Å². The molecule has 1 fully saturated rings. The van der Waals surface area contributed by atoms with E-state index >= 15 is 0 Å². The molecule has 3 aromatic rings. The van der Waals surface area contributed by atoms with Crippen molar-refractivity contribution in [1.29, 1.82) is 0 Å². The molecule has 4 rings (SSSR count). The lowest BCUT2D eigenvalue weighted by Crippen LogP contribution is -2.40. The average Bonchev–Trinajstić information content (AvgIpc) is 3.23. The molecule has 0 aliphatic carbocycles. The Labute approximate surface area is 134 Å². The van der Waals surface area contributed by atoms with Crippen molar-refractivity contribution in [1.82, 2.24) is 14.7 Å². The summed E-state index contributed by atoms with van der Waals surface area (Å²) in [4.78, 5) is 14.6. The maximum atomic E-state index is 12.8. The Morgan fingerprint density at radius 1 is 1.35 bits per heavy atom. The Morgan fingerprint density at radius 2 is 2.26 bits per heavy atom.